The zero-order valence-electron chi connectivity index (χ0n) is 10.7. The van der Waals surface area contributed by atoms with Crippen molar-refractivity contribution in [3.8, 4) is 0 Å². The Hall–Kier alpha value is -1.81. The second kappa shape index (κ2) is 4.70. The molecule has 2 aromatic carbocycles. The Kier molecular flexibility index (Phi) is 3.37. The Bertz CT molecular complexity index is 601. The molecule has 0 spiro atoms. The molecule has 0 aliphatic heterocycles. The van der Waals surface area contributed by atoms with Crippen molar-refractivity contribution in [2.45, 2.75) is 19.4 Å². The van der Waals surface area contributed by atoms with E-state index in [4.69, 9.17) is 5.73 Å². The molecule has 19 heavy (non-hydrogen) atoms. The van der Waals surface area contributed by atoms with Gasteiger partial charge in [0, 0.05) is 6.07 Å². The van der Waals surface area contributed by atoms with Gasteiger partial charge in [-0.2, -0.15) is 0 Å². The molecule has 0 fully saturated rings. The second-order valence-electron chi connectivity index (χ2n) is 4.82. The van der Waals surface area contributed by atoms with Crippen molar-refractivity contribution in [1.82, 2.24) is 0 Å². The lowest BCUT2D eigenvalue weighted by Crippen LogP contribution is -2.35. The second-order valence-corrected chi connectivity index (χ2v) is 4.82. The van der Waals surface area contributed by atoms with Crippen LogP contribution in [0.15, 0.2) is 36.4 Å². The Morgan fingerprint density at radius 2 is 1.47 bits per heavy atom. The fourth-order valence-corrected chi connectivity index (χ4v) is 2.22. The van der Waals surface area contributed by atoms with Gasteiger partial charge in [0.15, 0.2) is 0 Å². The van der Waals surface area contributed by atoms with Gasteiger partial charge in [0.2, 0.25) is 0 Å². The summed E-state index contributed by atoms with van der Waals surface area (Å²) >= 11 is 0. The third kappa shape index (κ3) is 2.63. The van der Waals surface area contributed by atoms with Crippen molar-refractivity contribution in [2.75, 3.05) is 0 Å². The Balaban J connectivity index is 2.57. The SMILES string of the molecule is Cc1cc(F)ccc1C(C)(N)c1cc(F)cc(F)c1. The van der Waals surface area contributed by atoms with Crippen LogP contribution in [-0.4, -0.2) is 0 Å². The smallest absolute Gasteiger partial charge is 0.126 e. The summed E-state index contributed by atoms with van der Waals surface area (Å²) in [5, 5.41) is 0. The number of hydrogen-bond acceptors (Lipinski definition) is 1. The molecule has 0 heterocycles. The fraction of sp³-hybridized carbons (Fsp3) is 0.200. The van der Waals surface area contributed by atoms with Gasteiger partial charge in [-0.05, 0) is 54.8 Å². The molecular formula is C15H14F3N. The molecule has 1 atom stereocenters. The monoisotopic (exact) mass is 265 g/mol. The number of nitrogens with two attached hydrogens (primary N) is 1. The van der Waals surface area contributed by atoms with E-state index < -0.39 is 17.2 Å². The number of hydrogen-bond donors (Lipinski definition) is 1. The van der Waals surface area contributed by atoms with E-state index in [1.807, 2.05) is 0 Å². The molecule has 0 aromatic heterocycles. The van der Waals surface area contributed by atoms with Crippen LogP contribution in [-0.2, 0) is 5.54 Å². The molecule has 100 valence electrons. The lowest BCUT2D eigenvalue weighted by molar-refractivity contribution is 0.547. The highest BCUT2D eigenvalue weighted by Crippen LogP contribution is 2.30. The van der Waals surface area contributed by atoms with Gasteiger partial charge in [-0.25, -0.2) is 13.2 Å². The van der Waals surface area contributed by atoms with E-state index in [0.717, 1.165) is 6.07 Å². The van der Waals surface area contributed by atoms with Gasteiger partial charge in [-0.3, -0.25) is 0 Å². The van der Waals surface area contributed by atoms with Crippen molar-refractivity contribution < 1.29 is 13.2 Å². The first-order chi connectivity index (χ1) is 8.80. The molecular weight excluding hydrogens is 251 g/mol. The third-order valence-electron chi connectivity index (χ3n) is 3.21. The van der Waals surface area contributed by atoms with Crippen LogP contribution in [0.25, 0.3) is 0 Å². The largest absolute Gasteiger partial charge is 0.318 e. The molecule has 2 rings (SSSR count). The van der Waals surface area contributed by atoms with Crippen LogP contribution in [0.5, 0.6) is 0 Å². The van der Waals surface area contributed by atoms with Crippen LogP contribution < -0.4 is 5.73 Å². The lowest BCUT2D eigenvalue weighted by Gasteiger charge is -2.28. The first-order valence-corrected chi connectivity index (χ1v) is 5.83. The minimum absolute atomic E-state index is 0.305. The Morgan fingerprint density at radius 1 is 0.895 bits per heavy atom. The van der Waals surface area contributed by atoms with Crippen molar-refractivity contribution in [3.05, 3.63) is 70.5 Å². The molecule has 1 nitrogen and oxygen atoms in total. The van der Waals surface area contributed by atoms with Gasteiger partial charge < -0.3 is 5.73 Å². The van der Waals surface area contributed by atoms with Gasteiger partial charge in [0.25, 0.3) is 0 Å². The molecule has 0 radical (unpaired) electrons. The highest BCUT2D eigenvalue weighted by Gasteiger charge is 2.26. The van der Waals surface area contributed by atoms with Gasteiger partial charge in [0.1, 0.15) is 17.5 Å². The van der Waals surface area contributed by atoms with Gasteiger partial charge >= 0.3 is 0 Å². The number of benzene rings is 2. The molecule has 0 aliphatic carbocycles. The van der Waals surface area contributed by atoms with Crippen LogP contribution in [0.4, 0.5) is 13.2 Å². The van der Waals surface area contributed by atoms with Crippen molar-refractivity contribution in [1.29, 1.82) is 0 Å². The number of rotatable bonds is 2. The highest BCUT2D eigenvalue weighted by atomic mass is 19.1. The van der Waals surface area contributed by atoms with Crippen LogP contribution in [0.1, 0.15) is 23.6 Å². The summed E-state index contributed by atoms with van der Waals surface area (Å²) in [6.45, 7) is 3.35. The standard InChI is InChI=1S/C15H14F3N/c1-9-5-11(16)3-4-14(9)15(2,19)10-6-12(17)8-13(18)7-10/h3-8H,19H2,1-2H3. The van der Waals surface area contributed by atoms with Crippen LogP contribution in [0.3, 0.4) is 0 Å². The average molecular weight is 265 g/mol. The van der Waals surface area contributed by atoms with E-state index >= 15 is 0 Å². The predicted molar refractivity (Wildman–Crippen MR) is 68.1 cm³/mol. The maximum Gasteiger partial charge on any atom is 0.126 e. The van der Waals surface area contributed by atoms with E-state index in [1.54, 1.807) is 13.8 Å². The molecule has 0 aliphatic rings. The fourth-order valence-electron chi connectivity index (χ4n) is 2.22. The van der Waals surface area contributed by atoms with E-state index in [-0.39, 0.29) is 5.82 Å². The molecule has 1 unspecified atom stereocenters. The van der Waals surface area contributed by atoms with Crippen LogP contribution in [0.2, 0.25) is 0 Å². The Labute approximate surface area is 109 Å². The number of halogens is 3. The molecule has 0 saturated heterocycles. The van der Waals surface area contributed by atoms with Crippen molar-refractivity contribution in [3.63, 3.8) is 0 Å². The van der Waals surface area contributed by atoms with E-state index in [9.17, 15) is 13.2 Å². The average Bonchev–Trinajstić information content (AvgIpc) is 2.26. The van der Waals surface area contributed by atoms with Crippen LogP contribution in [0, 0.1) is 24.4 Å². The van der Waals surface area contributed by atoms with Gasteiger partial charge in [0.05, 0.1) is 5.54 Å². The summed E-state index contributed by atoms with van der Waals surface area (Å²) in [7, 11) is 0. The zero-order chi connectivity index (χ0) is 14.2. The first-order valence-electron chi connectivity index (χ1n) is 5.83. The summed E-state index contributed by atoms with van der Waals surface area (Å²) in [5.74, 6) is -1.75. The predicted octanol–water partition coefficient (Wildman–Crippen LogP) is 3.63. The molecule has 2 aromatic rings. The maximum atomic E-state index is 13.3. The number of aryl methyl sites for hydroxylation is 1. The van der Waals surface area contributed by atoms with E-state index in [2.05, 4.69) is 0 Å². The van der Waals surface area contributed by atoms with Crippen molar-refractivity contribution in [2.24, 2.45) is 5.73 Å². The molecule has 0 amide bonds. The quantitative estimate of drug-likeness (QED) is 0.881. The van der Waals surface area contributed by atoms with Gasteiger partial charge in [-0.1, -0.05) is 6.07 Å². The summed E-state index contributed by atoms with van der Waals surface area (Å²) in [4.78, 5) is 0. The van der Waals surface area contributed by atoms with Crippen molar-refractivity contribution >= 4 is 0 Å². The van der Waals surface area contributed by atoms with E-state index in [1.165, 1.54) is 30.3 Å². The molecule has 0 bridgehead atoms. The molecule has 4 heteroatoms. The third-order valence-corrected chi connectivity index (χ3v) is 3.21. The summed E-state index contributed by atoms with van der Waals surface area (Å²) in [5.41, 5.74) is 6.66. The lowest BCUT2D eigenvalue weighted by atomic mass is 9.83. The summed E-state index contributed by atoms with van der Waals surface area (Å²) in [6, 6.07) is 7.32. The maximum absolute atomic E-state index is 13.3. The topological polar surface area (TPSA) is 26.0 Å². The van der Waals surface area contributed by atoms with Crippen LogP contribution >= 0.6 is 0 Å². The summed E-state index contributed by atoms with van der Waals surface area (Å²) in [6.07, 6.45) is 0. The first kappa shape index (κ1) is 13.6. The van der Waals surface area contributed by atoms with E-state index in [0.29, 0.717) is 16.7 Å². The zero-order valence-corrected chi connectivity index (χ0v) is 10.7. The molecule has 0 saturated carbocycles. The molecule has 2 N–H and O–H groups in total. The minimum atomic E-state index is -1.10. The van der Waals surface area contributed by atoms with Gasteiger partial charge in [-0.15, -0.1) is 0 Å². The summed E-state index contributed by atoms with van der Waals surface area (Å²) < 4.78 is 39.7. The normalized spacial score (nSPS) is 14.2. The minimum Gasteiger partial charge on any atom is -0.318 e. The highest BCUT2D eigenvalue weighted by molar-refractivity contribution is 5.41. The Morgan fingerprint density at radius 3 is 2.00 bits per heavy atom.